The molecule has 2 rings (SSSR count). The number of pyridine rings is 1. The van der Waals surface area contributed by atoms with Crippen LogP contribution in [-0.2, 0) is 0 Å². The average Bonchev–Trinajstić information content (AvgIpc) is 2.59. The van der Waals surface area contributed by atoms with Crippen molar-refractivity contribution in [2.45, 2.75) is 40.2 Å². The van der Waals surface area contributed by atoms with Crippen molar-refractivity contribution < 1.29 is 0 Å². The van der Waals surface area contributed by atoms with Gasteiger partial charge in [-0.15, -0.1) is 0 Å². The number of aromatic nitrogens is 3. The summed E-state index contributed by atoms with van der Waals surface area (Å²) in [5.74, 6) is 0.549. The molecule has 0 saturated carbocycles. The van der Waals surface area contributed by atoms with E-state index in [1.807, 2.05) is 12.3 Å². The van der Waals surface area contributed by atoms with E-state index in [0.29, 0.717) is 12.0 Å². The molecule has 0 amide bonds. The molecule has 0 spiro atoms. The van der Waals surface area contributed by atoms with Crippen molar-refractivity contribution in [2.75, 3.05) is 0 Å². The van der Waals surface area contributed by atoms with Gasteiger partial charge in [0.2, 0.25) is 0 Å². The fourth-order valence-corrected chi connectivity index (χ4v) is 2.73. The molecule has 1 N–H and O–H groups in total. The van der Waals surface area contributed by atoms with E-state index in [9.17, 15) is 0 Å². The topological polar surface area (TPSA) is 33.6 Å². The third-order valence-electron chi connectivity index (χ3n) is 3.34. The molecule has 4 heteroatoms. The Hall–Kier alpha value is -1.16. The highest BCUT2D eigenvalue weighted by Gasteiger charge is 2.18. The van der Waals surface area contributed by atoms with Crippen LogP contribution in [0.4, 0.5) is 0 Å². The number of aryl methyl sites for hydroxylation is 1. The Labute approximate surface area is 107 Å². The number of H-pyrrole nitrogens is 1. The molecular formula is C13H19N3S. The van der Waals surface area contributed by atoms with Gasteiger partial charge in [0.25, 0.3) is 0 Å². The average molecular weight is 249 g/mol. The van der Waals surface area contributed by atoms with Crippen LogP contribution in [0.3, 0.4) is 0 Å². The van der Waals surface area contributed by atoms with Gasteiger partial charge in [0.1, 0.15) is 0 Å². The third kappa shape index (κ3) is 2.02. The third-order valence-corrected chi connectivity index (χ3v) is 3.64. The van der Waals surface area contributed by atoms with Crippen molar-refractivity contribution in [2.24, 2.45) is 5.92 Å². The summed E-state index contributed by atoms with van der Waals surface area (Å²) in [7, 11) is 0. The highest BCUT2D eigenvalue weighted by Crippen LogP contribution is 2.26. The van der Waals surface area contributed by atoms with Crippen LogP contribution in [0.1, 0.15) is 38.8 Å². The molecule has 0 radical (unpaired) electrons. The molecule has 1 unspecified atom stereocenters. The van der Waals surface area contributed by atoms with E-state index < -0.39 is 0 Å². The molecule has 2 heterocycles. The number of nitrogens with one attached hydrogen (secondary N) is 1. The molecule has 3 nitrogen and oxygen atoms in total. The number of imidazole rings is 1. The number of hydrogen-bond donors (Lipinski definition) is 1. The second kappa shape index (κ2) is 4.61. The summed E-state index contributed by atoms with van der Waals surface area (Å²) in [6, 6.07) is 2.42. The Bertz CT molecular complexity index is 580. The summed E-state index contributed by atoms with van der Waals surface area (Å²) in [5, 5.41) is 0. The lowest BCUT2D eigenvalue weighted by Crippen LogP contribution is -2.14. The zero-order chi connectivity index (χ0) is 12.6. The van der Waals surface area contributed by atoms with Crippen LogP contribution >= 0.6 is 12.2 Å². The first kappa shape index (κ1) is 12.3. The number of nitrogens with zero attached hydrogens (tertiary/aromatic N) is 2. The fraction of sp³-hybridized carbons (Fsp3) is 0.538. The lowest BCUT2D eigenvalue weighted by Gasteiger charge is -2.21. The number of fused-ring (bicyclic) bond motifs is 1. The maximum absolute atomic E-state index is 5.44. The fourth-order valence-electron chi connectivity index (χ4n) is 2.40. The largest absolute Gasteiger partial charge is 0.329 e. The minimum absolute atomic E-state index is 0.408. The molecule has 17 heavy (non-hydrogen) atoms. The van der Waals surface area contributed by atoms with Crippen LogP contribution in [0, 0.1) is 17.6 Å². The van der Waals surface area contributed by atoms with Gasteiger partial charge in [-0.25, -0.2) is 4.98 Å². The highest BCUT2D eigenvalue weighted by molar-refractivity contribution is 7.71. The van der Waals surface area contributed by atoms with Crippen molar-refractivity contribution in [3.63, 3.8) is 0 Å². The van der Waals surface area contributed by atoms with Crippen LogP contribution in [-0.4, -0.2) is 14.5 Å². The van der Waals surface area contributed by atoms with E-state index >= 15 is 0 Å². The summed E-state index contributed by atoms with van der Waals surface area (Å²) < 4.78 is 2.95. The quantitative estimate of drug-likeness (QED) is 0.834. The van der Waals surface area contributed by atoms with E-state index in [1.54, 1.807) is 0 Å². The molecule has 1 atom stereocenters. The van der Waals surface area contributed by atoms with Crippen LogP contribution in [0.5, 0.6) is 0 Å². The summed E-state index contributed by atoms with van der Waals surface area (Å²) in [4.78, 5) is 7.76. The van der Waals surface area contributed by atoms with Crippen LogP contribution in [0.2, 0.25) is 0 Å². The summed E-state index contributed by atoms with van der Waals surface area (Å²) in [5.41, 5.74) is 3.24. The number of aromatic amines is 1. The van der Waals surface area contributed by atoms with Crippen molar-refractivity contribution in [3.8, 4) is 0 Å². The van der Waals surface area contributed by atoms with Gasteiger partial charge < -0.3 is 4.98 Å². The molecule has 92 valence electrons. The first-order chi connectivity index (χ1) is 8.06. The Morgan fingerprint density at radius 1 is 1.47 bits per heavy atom. The normalized spacial score (nSPS) is 13.5. The molecule has 0 bridgehead atoms. The molecule has 0 fully saturated rings. The Morgan fingerprint density at radius 3 is 2.76 bits per heavy atom. The lowest BCUT2D eigenvalue weighted by molar-refractivity contribution is 0.369. The first-order valence-electron chi connectivity index (χ1n) is 6.12. The van der Waals surface area contributed by atoms with Crippen molar-refractivity contribution in [1.82, 2.24) is 14.5 Å². The Morgan fingerprint density at radius 2 is 2.18 bits per heavy atom. The van der Waals surface area contributed by atoms with Gasteiger partial charge >= 0.3 is 0 Å². The smallest absolute Gasteiger partial charge is 0.179 e. The maximum atomic E-state index is 5.44. The number of rotatable bonds is 3. The molecular weight excluding hydrogens is 230 g/mol. The van der Waals surface area contributed by atoms with E-state index in [2.05, 4.69) is 42.2 Å². The summed E-state index contributed by atoms with van der Waals surface area (Å²) in [6.45, 7) is 8.73. The molecule has 0 aromatic carbocycles. The van der Waals surface area contributed by atoms with Crippen molar-refractivity contribution in [3.05, 3.63) is 22.6 Å². The second-order valence-corrected chi connectivity index (χ2v) is 5.23. The molecule has 0 saturated heterocycles. The predicted octanol–water partition coefficient (Wildman–Crippen LogP) is 4.01. The van der Waals surface area contributed by atoms with E-state index in [1.165, 1.54) is 5.56 Å². The minimum atomic E-state index is 0.408. The summed E-state index contributed by atoms with van der Waals surface area (Å²) >= 11 is 5.44. The highest BCUT2D eigenvalue weighted by atomic mass is 32.1. The SMILES string of the molecule is CCC(C(C)C)n1c(=S)[nH]c2c(C)ccnc21. The van der Waals surface area contributed by atoms with Gasteiger partial charge in [-0.2, -0.15) is 0 Å². The molecule has 2 aromatic heterocycles. The zero-order valence-electron chi connectivity index (χ0n) is 10.8. The van der Waals surface area contributed by atoms with Crippen LogP contribution in [0.25, 0.3) is 11.2 Å². The van der Waals surface area contributed by atoms with Gasteiger partial charge in [0.05, 0.1) is 5.52 Å². The second-order valence-electron chi connectivity index (χ2n) is 4.85. The van der Waals surface area contributed by atoms with Gasteiger partial charge in [-0.3, -0.25) is 4.57 Å². The van der Waals surface area contributed by atoms with Crippen LogP contribution in [0.15, 0.2) is 12.3 Å². The van der Waals surface area contributed by atoms with E-state index in [4.69, 9.17) is 12.2 Å². The van der Waals surface area contributed by atoms with E-state index in [0.717, 1.165) is 22.4 Å². The van der Waals surface area contributed by atoms with Gasteiger partial charge in [0, 0.05) is 12.2 Å². The first-order valence-corrected chi connectivity index (χ1v) is 6.52. The molecule has 0 aliphatic carbocycles. The monoisotopic (exact) mass is 249 g/mol. The van der Waals surface area contributed by atoms with Gasteiger partial charge in [-0.05, 0) is 43.1 Å². The summed E-state index contributed by atoms with van der Waals surface area (Å²) in [6.07, 6.45) is 2.92. The minimum Gasteiger partial charge on any atom is -0.329 e. The van der Waals surface area contributed by atoms with E-state index in [-0.39, 0.29) is 0 Å². The standard InChI is InChI=1S/C13H19N3S/c1-5-10(8(2)3)16-12-11(15-13(16)17)9(4)6-7-14-12/h6-8,10H,5H2,1-4H3,(H,15,17). The lowest BCUT2D eigenvalue weighted by atomic mass is 10.0. The Kier molecular flexibility index (Phi) is 3.33. The van der Waals surface area contributed by atoms with Crippen molar-refractivity contribution >= 4 is 23.4 Å². The van der Waals surface area contributed by atoms with Crippen molar-refractivity contribution in [1.29, 1.82) is 0 Å². The molecule has 2 aromatic rings. The molecule has 0 aliphatic heterocycles. The van der Waals surface area contributed by atoms with Gasteiger partial charge in [-0.1, -0.05) is 20.8 Å². The maximum Gasteiger partial charge on any atom is 0.179 e. The zero-order valence-corrected chi connectivity index (χ0v) is 11.6. The van der Waals surface area contributed by atoms with Gasteiger partial charge in [0.15, 0.2) is 10.4 Å². The molecule has 0 aliphatic rings. The van der Waals surface area contributed by atoms with Crippen LogP contribution < -0.4 is 0 Å². The number of hydrogen-bond acceptors (Lipinski definition) is 2. The predicted molar refractivity (Wildman–Crippen MR) is 73.8 cm³/mol. The Balaban J connectivity index is 2.73.